The van der Waals surface area contributed by atoms with Gasteiger partial charge in [0.2, 0.25) is 0 Å². The smallest absolute Gasteiger partial charge is 0.328 e. The first-order valence-electron chi connectivity index (χ1n) is 3.84. The SMILES string of the molecule is Cc1nc(C=CC(=O)O)c(N)cc1F. The lowest BCUT2D eigenvalue weighted by Gasteiger charge is -2.01. The van der Waals surface area contributed by atoms with Gasteiger partial charge < -0.3 is 10.8 Å². The molecule has 0 saturated heterocycles. The Hall–Kier alpha value is -1.91. The van der Waals surface area contributed by atoms with E-state index in [-0.39, 0.29) is 17.1 Å². The van der Waals surface area contributed by atoms with Crippen LogP contribution in [0, 0.1) is 12.7 Å². The predicted octanol–water partition coefficient (Wildman–Crippen LogP) is 1.21. The molecule has 0 aliphatic carbocycles. The van der Waals surface area contributed by atoms with E-state index in [1.807, 2.05) is 0 Å². The fourth-order valence-electron chi connectivity index (χ4n) is 0.897. The maximum absolute atomic E-state index is 12.9. The second kappa shape index (κ2) is 3.87. The molecule has 74 valence electrons. The first kappa shape index (κ1) is 10.2. The van der Waals surface area contributed by atoms with Crippen LogP contribution in [0.1, 0.15) is 11.4 Å². The molecule has 1 aromatic rings. The molecule has 0 fully saturated rings. The molecule has 0 bridgehead atoms. The molecular formula is C9H9FN2O2. The van der Waals surface area contributed by atoms with Crippen molar-refractivity contribution in [2.75, 3.05) is 5.73 Å². The van der Waals surface area contributed by atoms with E-state index >= 15 is 0 Å². The van der Waals surface area contributed by atoms with Gasteiger partial charge in [-0.05, 0) is 13.0 Å². The number of aliphatic carboxylic acids is 1. The van der Waals surface area contributed by atoms with Crippen molar-refractivity contribution in [3.05, 3.63) is 29.3 Å². The first-order valence-corrected chi connectivity index (χ1v) is 3.84. The van der Waals surface area contributed by atoms with Gasteiger partial charge in [0.25, 0.3) is 0 Å². The number of pyridine rings is 1. The number of carbonyl (C=O) groups is 1. The van der Waals surface area contributed by atoms with Gasteiger partial charge in [-0.15, -0.1) is 0 Å². The second-order valence-corrected chi connectivity index (χ2v) is 2.70. The van der Waals surface area contributed by atoms with E-state index in [0.29, 0.717) is 0 Å². The number of anilines is 1. The number of carboxylic acids is 1. The number of aromatic nitrogens is 1. The average molecular weight is 196 g/mol. The highest BCUT2D eigenvalue weighted by Gasteiger charge is 2.04. The molecular weight excluding hydrogens is 187 g/mol. The van der Waals surface area contributed by atoms with Crippen LogP contribution in [-0.2, 0) is 4.79 Å². The van der Waals surface area contributed by atoms with Crippen molar-refractivity contribution >= 4 is 17.7 Å². The van der Waals surface area contributed by atoms with Gasteiger partial charge in [0.1, 0.15) is 5.82 Å². The molecule has 1 rings (SSSR count). The Morgan fingerprint density at radius 3 is 2.93 bits per heavy atom. The Kier molecular flexibility index (Phi) is 2.81. The summed E-state index contributed by atoms with van der Waals surface area (Å²) in [5.41, 5.74) is 5.99. The molecule has 4 nitrogen and oxygen atoms in total. The molecule has 1 heterocycles. The molecule has 0 radical (unpaired) electrons. The Bertz CT molecular complexity index is 402. The van der Waals surface area contributed by atoms with Crippen molar-refractivity contribution < 1.29 is 14.3 Å². The first-order chi connectivity index (χ1) is 6.50. The number of aryl methyl sites for hydroxylation is 1. The van der Waals surface area contributed by atoms with Crippen LogP contribution < -0.4 is 5.73 Å². The fraction of sp³-hybridized carbons (Fsp3) is 0.111. The van der Waals surface area contributed by atoms with Crippen molar-refractivity contribution in [2.45, 2.75) is 6.92 Å². The van der Waals surface area contributed by atoms with E-state index in [1.54, 1.807) is 0 Å². The summed E-state index contributed by atoms with van der Waals surface area (Å²) < 4.78 is 12.9. The second-order valence-electron chi connectivity index (χ2n) is 2.70. The van der Waals surface area contributed by atoms with Crippen molar-refractivity contribution in [3.63, 3.8) is 0 Å². The molecule has 0 amide bonds. The van der Waals surface area contributed by atoms with E-state index in [9.17, 15) is 9.18 Å². The largest absolute Gasteiger partial charge is 0.478 e. The quantitative estimate of drug-likeness (QED) is 0.697. The molecule has 5 heteroatoms. The summed E-state index contributed by atoms with van der Waals surface area (Å²) in [6.45, 7) is 1.48. The molecule has 3 N–H and O–H groups in total. The summed E-state index contributed by atoms with van der Waals surface area (Å²) in [4.78, 5) is 14.0. The average Bonchev–Trinajstić information content (AvgIpc) is 2.09. The minimum Gasteiger partial charge on any atom is -0.478 e. The van der Waals surface area contributed by atoms with Crippen LogP contribution in [0.4, 0.5) is 10.1 Å². The van der Waals surface area contributed by atoms with E-state index < -0.39 is 11.8 Å². The van der Waals surface area contributed by atoms with Gasteiger partial charge >= 0.3 is 5.97 Å². The standard InChI is InChI=1S/C9H9FN2O2/c1-5-6(10)4-7(11)8(12-5)2-3-9(13)14/h2-4H,11H2,1H3,(H,13,14). The number of rotatable bonds is 2. The van der Waals surface area contributed by atoms with Crippen LogP contribution >= 0.6 is 0 Å². The predicted molar refractivity (Wildman–Crippen MR) is 50.0 cm³/mol. The zero-order valence-corrected chi connectivity index (χ0v) is 7.49. The summed E-state index contributed by atoms with van der Waals surface area (Å²) in [7, 11) is 0. The van der Waals surface area contributed by atoms with Crippen molar-refractivity contribution in [1.29, 1.82) is 0 Å². The number of nitrogens with two attached hydrogens (primary N) is 1. The molecule has 1 aromatic heterocycles. The highest BCUT2D eigenvalue weighted by molar-refractivity contribution is 5.86. The van der Waals surface area contributed by atoms with Crippen molar-refractivity contribution in [2.24, 2.45) is 0 Å². The Morgan fingerprint density at radius 2 is 2.36 bits per heavy atom. The van der Waals surface area contributed by atoms with Crippen molar-refractivity contribution in [3.8, 4) is 0 Å². The highest BCUT2D eigenvalue weighted by atomic mass is 19.1. The number of carboxylic acid groups (broad SMARTS) is 1. The zero-order valence-electron chi connectivity index (χ0n) is 7.49. The monoisotopic (exact) mass is 196 g/mol. The zero-order chi connectivity index (χ0) is 10.7. The maximum Gasteiger partial charge on any atom is 0.328 e. The Balaban J connectivity index is 3.10. The van der Waals surface area contributed by atoms with Gasteiger partial charge in [0.15, 0.2) is 0 Å². The van der Waals surface area contributed by atoms with Crippen molar-refractivity contribution in [1.82, 2.24) is 4.98 Å². The van der Waals surface area contributed by atoms with Gasteiger partial charge in [0.05, 0.1) is 17.1 Å². The normalized spacial score (nSPS) is 10.7. The molecule has 0 spiro atoms. The number of hydrogen-bond donors (Lipinski definition) is 2. The molecule has 0 atom stereocenters. The lowest BCUT2D eigenvalue weighted by molar-refractivity contribution is -0.131. The minimum atomic E-state index is -1.10. The number of halogens is 1. The summed E-state index contributed by atoms with van der Waals surface area (Å²) in [6.07, 6.45) is 2.13. The summed E-state index contributed by atoms with van der Waals surface area (Å²) in [5, 5.41) is 8.36. The highest BCUT2D eigenvalue weighted by Crippen LogP contribution is 2.14. The lowest BCUT2D eigenvalue weighted by atomic mass is 10.2. The van der Waals surface area contributed by atoms with Gasteiger partial charge in [-0.2, -0.15) is 0 Å². The third-order valence-corrected chi connectivity index (χ3v) is 1.60. The van der Waals surface area contributed by atoms with Gasteiger partial charge in [-0.25, -0.2) is 14.2 Å². The number of nitrogen functional groups attached to an aromatic ring is 1. The molecule has 0 aromatic carbocycles. The molecule has 0 unspecified atom stereocenters. The van der Waals surface area contributed by atoms with Crippen LogP contribution in [0.3, 0.4) is 0 Å². The molecule has 0 aliphatic heterocycles. The maximum atomic E-state index is 12.9. The van der Waals surface area contributed by atoms with Gasteiger partial charge in [-0.1, -0.05) is 0 Å². The minimum absolute atomic E-state index is 0.116. The third-order valence-electron chi connectivity index (χ3n) is 1.60. The van der Waals surface area contributed by atoms with Crippen LogP contribution in [-0.4, -0.2) is 16.1 Å². The number of hydrogen-bond acceptors (Lipinski definition) is 3. The summed E-state index contributed by atoms with van der Waals surface area (Å²) in [5.74, 6) is -1.61. The van der Waals surface area contributed by atoms with E-state index in [4.69, 9.17) is 10.8 Å². The number of nitrogens with zero attached hydrogens (tertiary/aromatic N) is 1. The molecule has 0 saturated carbocycles. The van der Waals surface area contributed by atoms with E-state index in [1.165, 1.54) is 13.0 Å². The Labute approximate surface area is 79.9 Å². The fourth-order valence-corrected chi connectivity index (χ4v) is 0.897. The van der Waals surface area contributed by atoms with Gasteiger partial charge in [-0.3, -0.25) is 0 Å². The van der Waals surface area contributed by atoms with Crippen LogP contribution in [0.5, 0.6) is 0 Å². The lowest BCUT2D eigenvalue weighted by Crippen LogP contribution is -1.98. The molecule has 0 aliphatic rings. The van der Waals surface area contributed by atoms with Gasteiger partial charge in [0, 0.05) is 12.1 Å². The van der Waals surface area contributed by atoms with Crippen LogP contribution in [0.15, 0.2) is 12.1 Å². The van der Waals surface area contributed by atoms with Crippen LogP contribution in [0.25, 0.3) is 6.08 Å². The van der Waals surface area contributed by atoms with E-state index in [0.717, 1.165) is 12.1 Å². The Morgan fingerprint density at radius 1 is 1.71 bits per heavy atom. The van der Waals surface area contributed by atoms with E-state index in [2.05, 4.69) is 4.98 Å². The topological polar surface area (TPSA) is 76.2 Å². The summed E-state index contributed by atoms with van der Waals surface area (Å²) >= 11 is 0. The summed E-state index contributed by atoms with van der Waals surface area (Å²) in [6, 6.07) is 1.11. The third kappa shape index (κ3) is 2.29. The molecule has 14 heavy (non-hydrogen) atoms. The van der Waals surface area contributed by atoms with Crippen LogP contribution in [0.2, 0.25) is 0 Å².